The molecule has 11 heteroatoms. The first-order chi connectivity index (χ1) is 11.3. The summed E-state index contributed by atoms with van der Waals surface area (Å²) in [5.74, 6) is -0.866. The van der Waals surface area contributed by atoms with Crippen LogP contribution in [0.15, 0.2) is 24.4 Å². The average molecular weight is 331 g/mol. The van der Waals surface area contributed by atoms with E-state index in [0.29, 0.717) is 0 Å². The number of esters is 1. The highest BCUT2D eigenvalue weighted by Crippen LogP contribution is 2.31. The van der Waals surface area contributed by atoms with Crippen LogP contribution in [0, 0.1) is 31.6 Å². The molecule has 0 amide bonds. The van der Waals surface area contributed by atoms with Crippen molar-refractivity contribution in [2.24, 2.45) is 0 Å². The Labute approximate surface area is 133 Å². The summed E-state index contributed by atoms with van der Waals surface area (Å²) in [6.45, 7) is 0. The maximum Gasteiger partial charge on any atom is 0.357 e. The zero-order valence-electron chi connectivity index (χ0n) is 12.1. The van der Waals surface area contributed by atoms with Gasteiger partial charge in [0.2, 0.25) is 0 Å². The molecule has 0 aliphatic heterocycles. The second-order valence-electron chi connectivity index (χ2n) is 4.47. The van der Waals surface area contributed by atoms with Crippen molar-refractivity contribution in [2.75, 3.05) is 12.8 Å². The Hall–Kier alpha value is -3.94. The minimum atomic E-state index is -0.919. The number of methoxy groups -OCH3 is 1. The van der Waals surface area contributed by atoms with Gasteiger partial charge in [-0.3, -0.25) is 20.2 Å². The van der Waals surface area contributed by atoms with Crippen molar-refractivity contribution in [2.45, 2.75) is 0 Å². The molecule has 2 rings (SSSR count). The van der Waals surface area contributed by atoms with E-state index in [0.717, 1.165) is 23.8 Å². The molecule has 1 aromatic heterocycles. The number of carbonyl (C=O) groups is 1. The van der Waals surface area contributed by atoms with E-state index in [1.807, 2.05) is 0 Å². The van der Waals surface area contributed by atoms with Gasteiger partial charge in [0.1, 0.15) is 6.07 Å². The molecule has 1 aromatic carbocycles. The molecule has 11 nitrogen and oxygen atoms in total. The summed E-state index contributed by atoms with van der Waals surface area (Å²) >= 11 is 0. The predicted molar refractivity (Wildman–Crippen MR) is 79.5 cm³/mol. The van der Waals surface area contributed by atoms with Crippen molar-refractivity contribution in [1.82, 2.24) is 4.57 Å². The average Bonchev–Trinajstić information content (AvgIpc) is 2.89. The number of carbonyl (C=O) groups excluding carboxylic acids is 1. The summed E-state index contributed by atoms with van der Waals surface area (Å²) in [6.07, 6.45) is 1.19. The van der Waals surface area contributed by atoms with E-state index in [-0.39, 0.29) is 22.6 Å². The van der Waals surface area contributed by atoms with Gasteiger partial charge in [-0.25, -0.2) is 4.79 Å². The molecule has 0 atom stereocenters. The summed E-state index contributed by atoms with van der Waals surface area (Å²) < 4.78 is 5.69. The molecule has 0 aliphatic rings. The van der Waals surface area contributed by atoms with Gasteiger partial charge in [-0.15, -0.1) is 0 Å². The molecule has 0 radical (unpaired) electrons. The number of rotatable bonds is 4. The number of hydrogen-bond acceptors (Lipinski definition) is 8. The second kappa shape index (κ2) is 6.05. The number of benzene rings is 1. The molecule has 1 heterocycles. The van der Waals surface area contributed by atoms with Crippen LogP contribution >= 0.6 is 0 Å². The highest BCUT2D eigenvalue weighted by molar-refractivity contribution is 5.96. The molecule has 2 aromatic rings. The van der Waals surface area contributed by atoms with E-state index < -0.39 is 27.2 Å². The molecule has 24 heavy (non-hydrogen) atoms. The normalized spacial score (nSPS) is 10.0. The maximum absolute atomic E-state index is 11.9. The van der Waals surface area contributed by atoms with Gasteiger partial charge in [0.15, 0.2) is 5.69 Å². The maximum atomic E-state index is 11.9. The SMILES string of the molecule is COC(=O)c1c(N)c(C#N)cn1-c1ccc([N+](=O)[O-])c([N+](=O)[O-])c1. The molecule has 0 saturated heterocycles. The van der Waals surface area contributed by atoms with Crippen molar-refractivity contribution < 1.29 is 19.4 Å². The fraction of sp³-hybridized carbons (Fsp3) is 0.0769. The fourth-order valence-corrected chi connectivity index (χ4v) is 2.08. The Morgan fingerprint density at radius 3 is 2.42 bits per heavy atom. The third-order valence-corrected chi connectivity index (χ3v) is 3.17. The summed E-state index contributed by atoms with van der Waals surface area (Å²) in [6, 6.07) is 4.80. The topological polar surface area (TPSA) is 167 Å². The molecule has 0 bridgehead atoms. The van der Waals surface area contributed by atoms with Gasteiger partial charge in [0, 0.05) is 18.3 Å². The summed E-state index contributed by atoms with van der Waals surface area (Å²) in [4.78, 5) is 32.0. The van der Waals surface area contributed by atoms with Crippen LogP contribution in [0.25, 0.3) is 5.69 Å². The first-order valence-corrected chi connectivity index (χ1v) is 6.24. The first kappa shape index (κ1) is 16.4. The molecule has 0 aliphatic carbocycles. The quantitative estimate of drug-likeness (QED) is 0.499. The van der Waals surface area contributed by atoms with Crippen molar-refractivity contribution >= 4 is 23.0 Å². The number of hydrogen-bond donors (Lipinski definition) is 1. The van der Waals surface area contributed by atoms with E-state index in [1.165, 1.54) is 12.3 Å². The minimum Gasteiger partial charge on any atom is -0.464 e. The van der Waals surface area contributed by atoms with Crippen LogP contribution < -0.4 is 5.73 Å². The molecular weight excluding hydrogens is 322 g/mol. The van der Waals surface area contributed by atoms with Crippen LogP contribution in [-0.4, -0.2) is 27.5 Å². The van der Waals surface area contributed by atoms with Gasteiger partial charge in [-0.2, -0.15) is 5.26 Å². The number of nitrogens with two attached hydrogens (primary N) is 1. The monoisotopic (exact) mass is 331 g/mol. The summed E-state index contributed by atoms with van der Waals surface area (Å²) in [7, 11) is 1.10. The van der Waals surface area contributed by atoms with Crippen molar-refractivity contribution in [3.05, 3.63) is 55.9 Å². The van der Waals surface area contributed by atoms with Crippen LogP contribution in [0.4, 0.5) is 17.1 Å². The van der Waals surface area contributed by atoms with Crippen molar-refractivity contribution in [3.63, 3.8) is 0 Å². The van der Waals surface area contributed by atoms with Gasteiger partial charge >= 0.3 is 17.3 Å². The van der Waals surface area contributed by atoms with Gasteiger partial charge in [-0.1, -0.05) is 0 Å². The highest BCUT2D eigenvalue weighted by atomic mass is 16.6. The Morgan fingerprint density at radius 1 is 1.29 bits per heavy atom. The molecule has 122 valence electrons. The third kappa shape index (κ3) is 2.59. The number of aromatic nitrogens is 1. The summed E-state index contributed by atoms with van der Waals surface area (Å²) in [5.41, 5.74) is 3.87. The lowest BCUT2D eigenvalue weighted by atomic mass is 10.2. The predicted octanol–water partition coefficient (Wildman–Crippen LogP) is 1.53. The number of nitro groups is 2. The smallest absolute Gasteiger partial charge is 0.357 e. The largest absolute Gasteiger partial charge is 0.464 e. The van der Waals surface area contributed by atoms with E-state index in [1.54, 1.807) is 6.07 Å². The number of anilines is 1. The minimum absolute atomic E-state index is 0.0425. The lowest BCUT2D eigenvalue weighted by molar-refractivity contribution is -0.422. The van der Waals surface area contributed by atoms with E-state index in [4.69, 9.17) is 11.0 Å². The number of nitriles is 1. The first-order valence-electron chi connectivity index (χ1n) is 6.24. The van der Waals surface area contributed by atoms with Gasteiger partial charge < -0.3 is 15.0 Å². The summed E-state index contributed by atoms with van der Waals surface area (Å²) in [5, 5.41) is 30.9. The van der Waals surface area contributed by atoms with E-state index in [2.05, 4.69) is 4.74 Å². The van der Waals surface area contributed by atoms with Crippen molar-refractivity contribution in [3.8, 4) is 11.8 Å². The van der Waals surface area contributed by atoms with Crippen LogP contribution in [0.2, 0.25) is 0 Å². The lowest BCUT2D eigenvalue weighted by Crippen LogP contribution is -2.11. The molecule has 2 N–H and O–H groups in total. The Bertz CT molecular complexity index is 910. The molecule has 0 saturated carbocycles. The van der Waals surface area contributed by atoms with Gasteiger partial charge in [0.25, 0.3) is 0 Å². The number of nitrogens with zero attached hydrogens (tertiary/aromatic N) is 4. The third-order valence-electron chi connectivity index (χ3n) is 3.17. The Balaban J connectivity index is 2.76. The number of nitro benzene ring substituents is 2. The van der Waals surface area contributed by atoms with Crippen LogP contribution in [-0.2, 0) is 4.74 Å². The molecule has 0 fully saturated rings. The Kier molecular flexibility index (Phi) is 4.14. The van der Waals surface area contributed by atoms with E-state index >= 15 is 0 Å². The standard InChI is InChI=1S/C13H9N5O6/c1-24-13(19)12-11(15)7(5-14)6-16(12)8-2-3-9(17(20)21)10(4-8)18(22)23/h2-4,6H,15H2,1H3. The fourth-order valence-electron chi connectivity index (χ4n) is 2.08. The lowest BCUT2D eigenvalue weighted by Gasteiger charge is -2.08. The van der Waals surface area contributed by atoms with Crippen LogP contribution in [0.3, 0.4) is 0 Å². The van der Waals surface area contributed by atoms with Crippen LogP contribution in [0.1, 0.15) is 16.1 Å². The van der Waals surface area contributed by atoms with Gasteiger partial charge in [-0.05, 0) is 6.07 Å². The molecule has 0 unspecified atom stereocenters. The molecular formula is C13H9N5O6. The number of ether oxygens (including phenoxy) is 1. The van der Waals surface area contributed by atoms with Crippen molar-refractivity contribution in [1.29, 1.82) is 5.26 Å². The zero-order chi connectivity index (χ0) is 18.0. The number of nitrogen functional groups attached to an aromatic ring is 1. The highest BCUT2D eigenvalue weighted by Gasteiger charge is 2.27. The van der Waals surface area contributed by atoms with Gasteiger partial charge in [0.05, 0.1) is 33.9 Å². The second-order valence-corrected chi connectivity index (χ2v) is 4.47. The zero-order valence-corrected chi connectivity index (χ0v) is 12.1. The Morgan fingerprint density at radius 2 is 1.92 bits per heavy atom. The van der Waals surface area contributed by atoms with Crippen LogP contribution in [0.5, 0.6) is 0 Å². The molecule has 0 spiro atoms. The van der Waals surface area contributed by atoms with E-state index in [9.17, 15) is 25.0 Å².